The maximum absolute atomic E-state index is 11.9. The fraction of sp³-hybridized carbons (Fsp3) is 0.793. The molecule has 35 heavy (non-hydrogen) atoms. The Balaban J connectivity index is 1.32. The van der Waals surface area contributed by atoms with Gasteiger partial charge in [-0.2, -0.15) is 0 Å². The summed E-state index contributed by atoms with van der Waals surface area (Å²) in [5, 5.41) is 22.3. The molecule has 4 bridgehead atoms. The molecule has 6 heteroatoms. The van der Waals surface area contributed by atoms with Gasteiger partial charge in [0.1, 0.15) is 6.79 Å². The summed E-state index contributed by atoms with van der Waals surface area (Å²) in [5.41, 5.74) is 2.72. The highest BCUT2D eigenvalue weighted by Crippen LogP contribution is 2.81. The van der Waals surface area contributed by atoms with Crippen LogP contribution in [0.15, 0.2) is 36.0 Å². The minimum Gasteiger partial charge on any atom is -0.396 e. The Bertz CT molecular complexity index is 819. The van der Waals surface area contributed by atoms with Crippen LogP contribution in [-0.4, -0.2) is 58.5 Å². The lowest BCUT2D eigenvalue weighted by molar-refractivity contribution is -0.0303. The molecular weight excluding hydrogens is 476 g/mol. The van der Waals surface area contributed by atoms with Crippen molar-refractivity contribution in [2.45, 2.75) is 74.9 Å². The number of hydrogen-bond acceptors (Lipinski definition) is 6. The van der Waals surface area contributed by atoms with Crippen LogP contribution in [0, 0.1) is 29.1 Å². The molecule has 4 nitrogen and oxygen atoms in total. The maximum atomic E-state index is 11.9. The molecule has 6 atom stereocenters. The van der Waals surface area contributed by atoms with Crippen LogP contribution in [-0.2, 0) is 9.47 Å². The van der Waals surface area contributed by atoms with Crippen molar-refractivity contribution in [3.63, 3.8) is 0 Å². The van der Waals surface area contributed by atoms with Crippen LogP contribution in [0.3, 0.4) is 0 Å². The zero-order valence-electron chi connectivity index (χ0n) is 22.0. The molecule has 0 amide bonds. The number of allylic oxidation sites excluding steroid dienone is 1. The van der Waals surface area contributed by atoms with Crippen LogP contribution >= 0.6 is 23.5 Å². The number of thioether (sulfide) groups is 2. The minimum absolute atomic E-state index is 0.0345. The SMILES string of the molecule is C=C1[C@@H]2[C@H]3[C@]2(C)CC[C@@H]1[C@@]3(O)C(=C)[C@@H](CO)CCCC1(CC/C=C(\C)COCOC)SCCCS1. The average molecular weight is 523 g/mol. The first-order valence-corrected chi connectivity index (χ1v) is 15.4. The summed E-state index contributed by atoms with van der Waals surface area (Å²) in [6.07, 6.45) is 11.1. The zero-order chi connectivity index (χ0) is 25.3. The lowest BCUT2D eigenvalue weighted by atomic mass is 9.63. The smallest absolute Gasteiger partial charge is 0.146 e. The van der Waals surface area contributed by atoms with Crippen LogP contribution in [0.2, 0.25) is 0 Å². The van der Waals surface area contributed by atoms with Gasteiger partial charge in [0, 0.05) is 31.5 Å². The topological polar surface area (TPSA) is 58.9 Å². The molecule has 0 unspecified atom stereocenters. The van der Waals surface area contributed by atoms with Gasteiger partial charge in [-0.15, -0.1) is 23.5 Å². The lowest BCUT2D eigenvalue weighted by Gasteiger charge is -2.45. The number of methoxy groups -OCH3 is 1. The van der Waals surface area contributed by atoms with Crippen molar-refractivity contribution in [1.29, 1.82) is 0 Å². The van der Waals surface area contributed by atoms with E-state index in [4.69, 9.17) is 9.47 Å². The van der Waals surface area contributed by atoms with Crippen molar-refractivity contribution in [3.8, 4) is 0 Å². The maximum Gasteiger partial charge on any atom is 0.146 e. The van der Waals surface area contributed by atoms with Crippen LogP contribution < -0.4 is 0 Å². The number of rotatable bonds is 14. The highest BCUT2D eigenvalue weighted by atomic mass is 32.2. The molecule has 198 valence electrons. The van der Waals surface area contributed by atoms with Crippen molar-refractivity contribution in [2.75, 3.05) is 38.6 Å². The number of aliphatic hydroxyl groups is 2. The molecule has 2 N–H and O–H groups in total. The summed E-state index contributed by atoms with van der Waals surface area (Å²) in [6, 6.07) is 0. The largest absolute Gasteiger partial charge is 0.396 e. The highest BCUT2D eigenvalue weighted by Gasteiger charge is 2.80. The molecule has 4 aliphatic carbocycles. The van der Waals surface area contributed by atoms with E-state index in [-0.39, 0.29) is 33.9 Å². The second kappa shape index (κ2) is 11.2. The molecule has 0 radical (unpaired) electrons. The highest BCUT2D eigenvalue weighted by molar-refractivity contribution is 8.18. The Morgan fingerprint density at radius 1 is 1.29 bits per heavy atom. The van der Waals surface area contributed by atoms with E-state index in [9.17, 15) is 10.2 Å². The summed E-state index contributed by atoms with van der Waals surface area (Å²) in [4.78, 5) is 0. The molecule has 5 aliphatic rings. The van der Waals surface area contributed by atoms with Crippen molar-refractivity contribution >= 4 is 23.5 Å². The Labute approximate surface area is 221 Å². The molecule has 4 saturated carbocycles. The van der Waals surface area contributed by atoms with E-state index in [0.29, 0.717) is 19.3 Å². The van der Waals surface area contributed by atoms with Gasteiger partial charge >= 0.3 is 0 Å². The molecule has 5 fully saturated rings. The van der Waals surface area contributed by atoms with E-state index in [1.54, 1.807) is 7.11 Å². The third-order valence-corrected chi connectivity index (χ3v) is 12.9. The summed E-state index contributed by atoms with van der Waals surface area (Å²) in [5.74, 6) is 3.29. The Morgan fingerprint density at radius 3 is 2.66 bits per heavy atom. The first-order chi connectivity index (χ1) is 16.7. The summed E-state index contributed by atoms with van der Waals surface area (Å²) in [6.45, 7) is 14.3. The first kappa shape index (κ1) is 27.8. The Morgan fingerprint density at radius 2 is 2.03 bits per heavy atom. The van der Waals surface area contributed by atoms with Gasteiger partial charge in [-0.3, -0.25) is 0 Å². The summed E-state index contributed by atoms with van der Waals surface area (Å²) >= 11 is 4.26. The minimum atomic E-state index is -0.860. The zero-order valence-corrected chi connectivity index (χ0v) is 23.7. The Hall–Kier alpha value is -0.240. The van der Waals surface area contributed by atoms with Crippen molar-refractivity contribution in [3.05, 3.63) is 36.0 Å². The van der Waals surface area contributed by atoms with E-state index >= 15 is 0 Å². The average Bonchev–Trinajstić information content (AvgIpc) is 3.44. The standard InChI is InChI=1S/C29H46O4S2/c1-20(18-33-19-32-5)9-6-12-28(34-15-8-16-35-28)13-7-10-23(17-30)22(3)29(31)24-11-14-27(4)25(21(24)2)26(27)29/h9,23-26,30-31H,2-3,6-8,10-19H2,1,4-5H3/b20-9+/t23-,24+,25-,26+,27-,29+/m1/s1. The fourth-order valence-electron chi connectivity index (χ4n) is 7.51. The van der Waals surface area contributed by atoms with Crippen LogP contribution in [0.4, 0.5) is 0 Å². The van der Waals surface area contributed by atoms with Crippen LogP contribution in [0.25, 0.3) is 0 Å². The second-order valence-corrected chi connectivity index (χ2v) is 14.8. The fourth-order valence-corrected chi connectivity index (χ4v) is 10.9. The molecule has 1 saturated heterocycles. The molecule has 1 aliphatic heterocycles. The molecule has 1 heterocycles. The predicted octanol–water partition coefficient (Wildman–Crippen LogP) is 6.20. The van der Waals surface area contributed by atoms with Crippen LogP contribution in [0.5, 0.6) is 0 Å². The van der Waals surface area contributed by atoms with Gasteiger partial charge in [-0.1, -0.05) is 43.7 Å². The number of aliphatic hydroxyl groups excluding tert-OH is 1. The van der Waals surface area contributed by atoms with E-state index in [1.807, 2.05) is 0 Å². The first-order valence-electron chi connectivity index (χ1n) is 13.4. The van der Waals surface area contributed by atoms with E-state index in [2.05, 4.69) is 56.6 Å². The lowest BCUT2D eigenvalue weighted by Crippen LogP contribution is -2.47. The van der Waals surface area contributed by atoms with Gasteiger partial charge in [0.2, 0.25) is 0 Å². The van der Waals surface area contributed by atoms with E-state index in [0.717, 1.165) is 44.1 Å². The number of hydrogen-bond donors (Lipinski definition) is 2. The molecular formula is C29H46O4S2. The normalized spacial score (nSPS) is 36.3. The van der Waals surface area contributed by atoms with Gasteiger partial charge in [0.25, 0.3) is 0 Å². The second-order valence-electron chi connectivity index (χ2n) is 11.6. The summed E-state index contributed by atoms with van der Waals surface area (Å²) < 4.78 is 10.7. The van der Waals surface area contributed by atoms with Crippen LogP contribution in [0.1, 0.15) is 65.2 Å². The number of ether oxygens (including phenoxy) is 2. The van der Waals surface area contributed by atoms with Crippen molar-refractivity contribution in [1.82, 2.24) is 0 Å². The van der Waals surface area contributed by atoms with Gasteiger partial charge in [-0.25, -0.2) is 0 Å². The molecule has 0 aromatic rings. The molecule has 0 aromatic heterocycles. The van der Waals surface area contributed by atoms with Gasteiger partial charge in [-0.05, 0) is 80.3 Å². The third kappa shape index (κ3) is 5.22. The Kier molecular flexibility index (Phi) is 8.93. The summed E-state index contributed by atoms with van der Waals surface area (Å²) in [7, 11) is 1.65. The number of fused-ring (bicyclic) bond motifs is 1. The predicted molar refractivity (Wildman–Crippen MR) is 149 cm³/mol. The quantitative estimate of drug-likeness (QED) is 0.161. The van der Waals surface area contributed by atoms with Gasteiger partial charge < -0.3 is 19.7 Å². The molecule has 5 rings (SSSR count). The monoisotopic (exact) mass is 522 g/mol. The molecule has 0 aromatic carbocycles. The molecule has 0 spiro atoms. The van der Waals surface area contributed by atoms with Gasteiger partial charge in [0.15, 0.2) is 0 Å². The van der Waals surface area contributed by atoms with Crippen molar-refractivity contribution < 1.29 is 19.7 Å². The van der Waals surface area contributed by atoms with Crippen molar-refractivity contribution in [2.24, 2.45) is 29.1 Å². The van der Waals surface area contributed by atoms with E-state index < -0.39 is 5.60 Å². The van der Waals surface area contributed by atoms with Gasteiger partial charge in [0.05, 0.1) is 16.3 Å². The van der Waals surface area contributed by atoms with E-state index in [1.165, 1.54) is 35.5 Å². The third-order valence-electron chi connectivity index (χ3n) is 9.38.